The van der Waals surface area contributed by atoms with Crippen LogP contribution in [0.5, 0.6) is 0 Å². The van der Waals surface area contributed by atoms with Crippen molar-refractivity contribution in [2.24, 2.45) is 5.92 Å². The Balaban J connectivity index is 1.37. The van der Waals surface area contributed by atoms with Crippen LogP contribution < -0.4 is 5.32 Å². The molecule has 0 bridgehead atoms. The normalized spacial score (nSPS) is 21.2. The highest BCUT2D eigenvalue weighted by Gasteiger charge is 2.31. The lowest BCUT2D eigenvalue weighted by atomic mass is 9.97. The van der Waals surface area contributed by atoms with Crippen LogP contribution in [0.3, 0.4) is 0 Å². The van der Waals surface area contributed by atoms with Gasteiger partial charge in [0.1, 0.15) is 12.1 Å². The quantitative estimate of drug-likeness (QED) is 0.616. The number of thiophene rings is 1. The van der Waals surface area contributed by atoms with Crippen molar-refractivity contribution in [1.29, 1.82) is 0 Å². The first-order chi connectivity index (χ1) is 14.8. The van der Waals surface area contributed by atoms with E-state index < -0.39 is 0 Å². The Kier molecular flexibility index (Phi) is 6.15. The van der Waals surface area contributed by atoms with E-state index in [1.165, 1.54) is 4.88 Å². The van der Waals surface area contributed by atoms with Crippen LogP contribution in [-0.4, -0.2) is 67.0 Å². The molecule has 30 heavy (non-hydrogen) atoms. The third-order valence-electron chi connectivity index (χ3n) is 5.94. The maximum Gasteiger partial charge on any atom is 0.147 e. The molecule has 0 radical (unpaired) electrons. The lowest BCUT2D eigenvalue weighted by Crippen LogP contribution is -2.50. The first kappa shape index (κ1) is 20.2. The van der Waals surface area contributed by atoms with Gasteiger partial charge >= 0.3 is 0 Å². The highest BCUT2D eigenvalue weighted by molar-refractivity contribution is 7.22. The summed E-state index contributed by atoms with van der Waals surface area (Å²) in [5, 5.41) is 4.38. The number of halogens is 1. The molecule has 158 valence electrons. The second-order valence-electron chi connectivity index (χ2n) is 7.77. The molecule has 3 aromatic rings. The van der Waals surface area contributed by atoms with Crippen LogP contribution in [0.4, 0.5) is 5.82 Å². The van der Waals surface area contributed by atoms with Gasteiger partial charge in [-0.15, -0.1) is 11.3 Å². The average molecular weight is 445 g/mol. The molecule has 8 heteroatoms. The van der Waals surface area contributed by atoms with Crippen molar-refractivity contribution in [3.05, 3.63) is 41.7 Å². The van der Waals surface area contributed by atoms with Crippen LogP contribution in [0.1, 0.15) is 6.42 Å². The second kappa shape index (κ2) is 9.16. The highest BCUT2D eigenvalue weighted by Crippen LogP contribution is 2.36. The molecular formula is C22H25ClN4O2S. The van der Waals surface area contributed by atoms with Crippen molar-refractivity contribution < 1.29 is 9.47 Å². The van der Waals surface area contributed by atoms with Gasteiger partial charge in [-0.2, -0.15) is 0 Å². The van der Waals surface area contributed by atoms with E-state index in [2.05, 4.69) is 26.3 Å². The molecule has 0 aliphatic carbocycles. The maximum atomic E-state index is 6.04. The molecule has 6 nitrogen and oxygen atoms in total. The van der Waals surface area contributed by atoms with Gasteiger partial charge in [-0.25, -0.2) is 9.97 Å². The molecule has 1 N–H and O–H groups in total. The predicted molar refractivity (Wildman–Crippen MR) is 121 cm³/mol. The minimum Gasteiger partial charge on any atom is -0.381 e. The largest absolute Gasteiger partial charge is 0.381 e. The smallest absolute Gasteiger partial charge is 0.147 e. The molecule has 2 fully saturated rings. The van der Waals surface area contributed by atoms with Crippen LogP contribution in [-0.2, 0) is 9.47 Å². The molecule has 1 aromatic carbocycles. The molecule has 2 aliphatic rings. The lowest BCUT2D eigenvalue weighted by Gasteiger charge is -2.37. The number of morpholine rings is 1. The van der Waals surface area contributed by atoms with Crippen molar-refractivity contribution in [2.45, 2.75) is 12.5 Å². The fraction of sp³-hybridized carbons (Fsp3) is 0.455. The van der Waals surface area contributed by atoms with Crippen molar-refractivity contribution in [3.63, 3.8) is 0 Å². The molecule has 2 aromatic heterocycles. The highest BCUT2D eigenvalue weighted by atomic mass is 35.5. The van der Waals surface area contributed by atoms with Crippen molar-refractivity contribution in [2.75, 3.05) is 51.4 Å². The van der Waals surface area contributed by atoms with Crippen molar-refractivity contribution >= 4 is 39.0 Å². The summed E-state index contributed by atoms with van der Waals surface area (Å²) in [6.07, 6.45) is 2.76. The predicted octanol–water partition coefficient (Wildman–Crippen LogP) is 4.16. The molecule has 2 atom stereocenters. The minimum atomic E-state index is 0.414. The number of hydrogen-bond donors (Lipinski definition) is 1. The van der Waals surface area contributed by atoms with Gasteiger partial charge in [0, 0.05) is 48.1 Å². The number of fused-ring (bicyclic) bond motifs is 1. The Bertz CT molecular complexity index is 984. The minimum absolute atomic E-state index is 0.414. The lowest BCUT2D eigenvalue weighted by molar-refractivity contribution is 0.00460. The number of benzene rings is 1. The van der Waals surface area contributed by atoms with Gasteiger partial charge in [0.15, 0.2) is 0 Å². The summed E-state index contributed by atoms with van der Waals surface area (Å²) in [5.41, 5.74) is 2.11. The molecule has 0 saturated carbocycles. The summed E-state index contributed by atoms with van der Waals surface area (Å²) >= 11 is 7.76. The van der Waals surface area contributed by atoms with Crippen LogP contribution in [0.2, 0.25) is 5.02 Å². The van der Waals surface area contributed by atoms with Crippen molar-refractivity contribution in [1.82, 2.24) is 14.9 Å². The summed E-state index contributed by atoms with van der Waals surface area (Å²) < 4.78 is 12.3. The average Bonchev–Trinajstić information content (AvgIpc) is 3.46. The molecule has 0 unspecified atom stereocenters. The zero-order valence-corrected chi connectivity index (χ0v) is 18.3. The van der Waals surface area contributed by atoms with Gasteiger partial charge in [0.25, 0.3) is 0 Å². The first-order valence-electron chi connectivity index (χ1n) is 10.4. The van der Waals surface area contributed by atoms with E-state index in [-0.39, 0.29) is 0 Å². The number of rotatable bonds is 6. The zero-order valence-electron chi connectivity index (χ0n) is 16.7. The number of nitrogens with zero attached hydrogens (tertiary/aromatic N) is 3. The van der Waals surface area contributed by atoms with Crippen LogP contribution >= 0.6 is 22.9 Å². The number of nitrogens with one attached hydrogen (secondary N) is 1. The van der Waals surface area contributed by atoms with Crippen LogP contribution in [0.25, 0.3) is 20.7 Å². The Morgan fingerprint density at radius 2 is 1.97 bits per heavy atom. The molecule has 0 spiro atoms. The van der Waals surface area contributed by atoms with Gasteiger partial charge < -0.3 is 14.8 Å². The molecule has 2 aliphatic heterocycles. The molecular weight excluding hydrogens is 420 g/mol. The van der Waals surface area contributed by atoms with Gasteiger partial charge in [-0.3, -0.25) is 4.90 Å². The Morgan fingerprint density at radius 3 is 2.73 bits per heavy atom. The Hall–Kier alpha value is -1.77. The second-order valence-corrected chi connectivity index (χ2v) is 9.26. The standard InChI is InChI=1S/C22H25ClN4O2S/c23-17-3-1-15(2-4-17)20-11-18-21(30-20)22(26-14-25-18)24-12-19(16-5-8-29-13-16)27-6-9-28-10-7-27/h1-4,11,14,16,19H,5-10,12-13H2,(H,24,25,26)/t16-,19+/m0/s1. The van der Waals surface area contributed by atoms with Crippen LogP contribution in [0, 0.1) is 5.92 Å². The third-order valence-corrected chi connectivity index (χ3v) is 7.37. The van der Waals surface area contributed by atoms with Crippen LogP contribution in [0.15, 0.2) is 36.7 Å². The van der Waals surface area contributed by atoms with Crippen molar-refractivity contribution in [3.8, 4) is 10.4 Å². The van der Waals surface area contributed by atoms with E-state index in [1.807, 2.05) is 24.3 Å². The fourth-order valence-electron chi connectivity index (χ4n) is 4.30. The number of anilines is 1. The number of hydrogen-bond acceptors (Lipinski definition) is 7. The topological polar surface area (TPSA) is 59.5 Å². The first-order valence-corrected chi connectivity index (χ1v) is 11.6. The fourth-order valence-corrected chi connectivity index (χ4v) is 5.51. The summed E-state index contributed by atoms with van der Waals surface area (Å²) in [6.45, 7) is 6.09. The van der Waals surface area contributed by atoms with Gasteiger partial charge in [-0.1, -0.05) is 23.7 Å². The Labute approximate surface area is 185 Å². The van der Waals surface area contributed by atoms with Gasteiger partial charge in [-0.05, 0) is 30.2 Å². The van der Waals surface area contributed by atoms with E-state index in [4.69, 9.17) is 21.1 Å². The van der Waals surface area contributed by atoms with E-state index in [9.17, 15) is 0 Å². The molecule has 0 amide bonds. The summed E-state index contributed by atoms with van der Waals surface area (Å²) in [4.78, 5) is 12.8. The van der Waals surface area contributed by atoms with E-state index in [0.717, 1.165) is 79.1 Å². The molecule has 4 heterocycles. The van der Waals surface area contributed by atoms with E-state index >= 15 is 0 Å². The van der Waals surface area contributed by atoms with E-state index in [0.29, 0.717) is 12.0 Å². The van der Waals surface area contributed by atoms with Gasteiger partial charge in [0.2, 0.25) is 0 Å². The van der Waals surface area contributed by atoms with E-state index in [1.54, 1.807) is 17.7 Å². The number of ether oxygens (including phenoxy) is 2. The monoisotopic (exact) mass is 444 g/mol. The van der Waals surface area contributed by atoms with Gasteiger partial charge in [0.05, 0.1) is 30.0 Å². The molecule has 2 saturated heterocycles. The summed E-state index contributed by atoms with van der Waals surface area (Å²) in [5.74, 6) is 1.45. The zero-order chi connectivity index (χ0) is 20.3. The summed E-state index contributed by atoms with van der Waals surface area (Å²) in [7, 11) is 0. The summed E-state index contributed by atoms with van der Waals surface area (Å²) in [6, 6.07) is 10.5. The Morgan fingerprint density at radius 1 is 1.13 bits per heavy atom. The maximum absolute atomic E-state index is 6.04. The SMILES string of the molecule is Clc1ccc(-c2cc3ncnc(NC[C@H]([C@H]4CCOC4)N4CCOCC4)c3s2)cc1. The number of aromatic nitrogens is 2. The molecule has 5 rings (SSSR count). The third kappa shape index (κ3) is 4.31.